The molecular formula is C15H20O2. The van der Waals surface area contributed by atoms with Gasteiger partial charge in [-0.2, -0.15) is 0 Å². The predicted octanol–water partition coefficient (Wildman–Crippen LogP) is 2.63. The molecule has 1 fully saturated rings. The SMILES string of the molecule is CC1=C2C(O)CC2(C)C2CC(C)(C)C=C2C1=O. The summed E-state index contributed by atoms with van der Waals surface area (Å²) >= 11 is 0. The van der Waals surface area contributed by atoms with E-state index in [0.717, 1.165) is 29.6 Å². The van der Waals surface area contributed by atoms with Crippen molar-refractivity contribution in [1.29, 1.82) is 0 Å². The van der Waals surface area contributed by atoms with Gasteiger partial charge < -0.3 is 5.11 Å². The van der Waals surface area contributed by atoms with Gasteiger partial charge in [0.15, 0.2) is 5.78 Å². The van der Waals surface area contributed by atoms with Crippen molar-refractivity contribution >= 4 is 5.78 Å². The van der Waals surface area contributed by atoms with Gasteiger partial charge in [-0.25, -0.2) is 0 Å². The van der Waals surface area contributed by atoms with E-state index in [4.69, 9.17) is 0 Å². The number of aliphatic hydroxyl groups excluding tert-OH is 1. The second-order valence-electron chi connectivity index (χ2n) is 6.85. The lowest BCUT2D eigenvalue weighted by Gasteiger charge is -2.54. The van der Waals surface area contributed by atoms with E-state index in [1.165, 1.54) is 0 Å². The molecule has 0 saturated heterocycles. The Morgan fingerprint density at radius 1 is 1.29 bits per heavy atom. The van der Waals surface area contributed by atoms with Crippen LogP contribution < -0.4 is 0 Å². The third-order valence-corrected chi connectivity index (χ3v) is 4.99. The zero-order chi connectivity index (χ0) is 12.6. The summed E-state index contributed by atoms with van der Waals surface area (Å²) in [6, 6.07) is 0. The van der Waals surface area contributed by atoms with Crippen LogP contribution >= 0.6 is 0 Å². The summed E-state index contributed by atoms with van der Waals surface area (Å²) in [7, 11) is 0. The van der Waals surface area contributed by atoms with Crippen LogP contribution in [0.4, 0.5) is 0 Å². The Balaban J connectivity index is 2.15. The minimum atomic E-state index is -0.380. The Morgan fingerprint density at radius 2 is 1.94 bits per heavy atom. The fourth-order valence-corrected chi connectivity index (χ4v) is 4.22. The highest BCUT2D eigenvalue weighted by Crippen LogP contribution is 2.63. The molecule has 2 nitrogen and oxygen atoms in total. The first-order valence-corrected chi connectivity index (χ1v) is 6.43. The molecule has 0 radical (unpaired) electrons. The van der Waals surface area contributed by atoms with Crippen molar-refractivity contribution in [2.75, 3.05) is 0 Å². The maximum Gasteiger partial charge on any atom is 0.184 e. The van der Waals surface area contributed by atoms with Gasteiger partial charge in [0.2, 0.25) is 0 Å². The highest BCUT2D eigenvalue weighted by atomic mass is 16.3. The normalized spacial score (nSPS) is 42.9. The van der Waals surface area contributed by atoms with Crippen LogP contribution in [0.2, 0.25) is 0 Å². The molecule has 0 bridgehead atoms. The average Bonchev–Trinajstić information content (AvgIpc) is 2.51. The van der Waals surface area contributed by atoms with Crippen LogP contribution in [0.3, 0.4) is 0 Å². The molecule has 1 saturated carbocycles. The first kappa shape index (κ1) is 11.2. The van der Waals surface area contributed by atoms with Crippen LogP contribution in [0.5, 0.6) is 0 Å². The molecule has 1 N–H and O–H groups in total. The van der Waals surface area contributed by atoms with E-state index in [2.05, 4.69) is 26.8 Å². The van der Waals surface area contributed by atoms with Crippen molar-refractivity contribution in [3.8, 4) is 0 Å². The van der Waals surface area contributed by atoms with E-state index in [1.807, 2.05) is 6.92 Å². The lowest BCUT2D eigenvalue weighted by Crippen LogP contribution is -2.51. The monoisotopic (exact) mass is 232 g/mol. The number of ketones is 1. The zero-order valence-electron chi connectivity index (χ0n) is 11.0. The van der Waals surface area contributed by atoms with Crippen LogP contribution in [0.1, 0.15) is 40.5 Å². The maximum atomic E-state index is 12.3. The predicted molar refractivity (Wildman–Crippen MR) is 66.4 cm³/mol. The number of carbonyl (C=O) groups excluding carboxylic acids is 1. The number of rotatable bonds is 0. The standard InChI is InChI=1S/C15H20O2/c1-8-12-11(16)7-15(12,4)10-6-14(2,3)5-9(10)13(8)17/h5,10-11,16H,6-7H2,1-4H3. The Bertz CT molecular complexity index is 481. The highest BCUT2D eigenvalue weighted by Gasteiger charge is 2.58. The molecule has 3 atom stereocenters. The average molecular weight is 232 g/mol. The highest BCUT2D eigenvalue weighted by molar-refractivity contribution is 6.11. The Kier molecular flexibility index (Phi) is 1.92. The van der Waals surface area contributed by atoms with E-state index >= 15 is 0 Å². The molecule has 3 rings (SSSR count). The van der Waals surface area contributed by atoms with Crippen molar-refractivity contribution in [2.24, 2.45) is 16.7 Å². The smallest absolute Gasteiger partial charge is 0.184 e. The van der Waals surface area contributed by atoms with Crippen molar-refractivity contribution in [3.05, 3.63) is 22.8 Å². The van der Waals surface area contributed by atoms with Gasteiger partial charge in [-0.05, 0) is 42.2 Å². The van der Waals surface area contributed by atoms with Gasteiger partial charge >= 0.3 is 0 Å². The number of fused-ring (bicyclic) bond motifs is 3. The van der Waals surface area contributed by atoms with Crippen LogP contribution in [-0.4, -0.2) is 17.0 Å². The van der Waals surface area contributed by atoms with Gasteiger partial charge in [0.25, 0.3) is 0 Å². The van der Waals surface area contributed by atoms with Gasteiger partial charge in [0.1, 0.15) is 0 Å². The van der Waals surface area contributed by atoms with E-state index in [9.17, 15) is 9.90 Å². The van der Waals surface area contributed by atoms with Crippen molar-refractivity contribution in [3.63, 3.8) is 0 Å². The molecule has 0 spiro atoms. The summed E-state index contributed by atoms with van der Waals surface area (Å²) in [4.78, 5) is 12.3. The zero-order valence-corrected chi connectivity index (χ0v) is 11.0. The van der Waals surface area contributed by atoms with Gasteiger partial charge in [-0.3, -0.25) is 4.79 Å². The fraction of sp³-hybridized carbons (Fsp3) is 0.667. The summed E-state index contributed by atoms with van der Waals surface area (Å²) in [5, 5.41) is 9.92. The first-order valence-electron chi connectivity index (χ1n) is 6.43. The molecule has 0 aromatic heterocycles. The second kappa shape index (κ2) is 2.92. The molecule has 92 valence electrons. The molecule has 0 amide bonds. The minimum Gasteiger partial charge on any atom is -0.389 e. The second-order valence-corrected chi connectivity index (χ2v) is 6.85. The minimum absolute atomic E-state index is 0.0387. The number of hydrogen-bond donors (Lipinski definition) is 1. The van der Waals surface area contributed by atoms with Gasteiger partial charge in [-0.1, -0.05) is 26.8 Å². The van der Waals surface area contributed by atoms with Crippen molar-refractivity contribution in [2.45, 2.75) is 46.6 Å². The number of aliphatic hydroxyl groups is 1. The molecule has 17 heavy (non-hydrogen) atoms. The van der Waals surface area contributed by atoms with Gasteiger partial charge in [0, 0.05) is 11.0 Å². The van der Waals surface area contributed by atoms with Crippen molar-refractivity contribution < 1.29 is 9.90 Å². The Hall–Kier alpha value is -0.890. The molecule has 0 aromatic rings. The van der Waals surface area contributed by atoms with Crippen LogP contribution in [0, 0.1) is 16.7 Å². The quantitative estimate of drug-likeness (QED) is 0.697. The summed E-state index contributed by atoms with van der Waals surface area (Å²) in [5.41, 5.74) is 2.98. The summed E-state index contributed by atoms with van der Waals surface area (Å²) < 4.78 is 0. The molecule has 3 unspecified atom stereocenters. The number of allylic oxidation sites excluding steroid dienone is 3. The lowest BCUT2D eigenvalue weighted by molar-refractivity contribution is -0.115. The first-order chi connectivity index (χ1) is 7.76. The molecule has 3 aliphatic rings. The fourth-order valence-electron chi connectivity index (χ4n) is 4.22. The van der Waals surface area contributed by atoms with Crippen LogP contribution in [-0.2, 0) is 4.79 Å². The van der Waals surface area contributed by atoms with E-state index in [0.29, 0.717) is 5.92 Å². The van der Waals surface area contributed by atoms with Crippen molar-refractivity contribution in [1.82, 2.24) is 0 Å². The van der Waals surface area contributed by atoms with Crippen LogP contribution in [0.25, 0.3) is 0 Å². The topological polar surface area (TPSA) is 37.3 Å². The Labute approximate surface area is 102 Å². The number of carbonyl (C=O) groups is 1. The van der Waals surface area contributed by atoms with E-state index in [-0.39, 0.29) is 22.7 Å². The molecule has 0 aromatic carbocycles. The number of hydrogen-bond acceptors (Lipinski definition) is 2. The summed E-state index contributed by atoms with van der Waals surface area (Å²) in [5.74, 6) is 0.499. The van der Waals surface area contributed by atoms with Gasteiger partial charge in [-0.15, -0.1) is 0 Å². The molecule has 2 heteroatoms. The summed E-state index contributed by atoms with van der Waals surface area (Å²) in [6.45, 7) is 8.48. The molecule has 0 aliphatic heterocycles. The Morgan fingerprint density at radius 3 is 2.53 bits per heavy atom. The van der Waals surface area contributed by atoms with E-state index < -0.39 is 0 Å². The van der Waals surface area contributed by atoms with Crippen LogP contribution in [0.15, 0.2) is 22.8 Å². The molecule has 3 aliphatic carbocycles. The third kappa shape index (κ3) is 1.22. The third-order valence-electron chi connectivity index (χ3n) is 4.99. The molecular weight excluding hydrogens is 212 g/mol. The maximum absolute atomic E-state index is 12.3. The van der Waals surface area contributed by atoms with E-state index in [1.54, 1.807) is 0 Å². The largest absolute Gasteiger partial charge is 0.389 e. The molecule has 0 heterocycles. The lowest BCUT2D eigenvalue weighted by atomic mass is 9.51. The van der Waals surface area contributed by atoms with Gasteiger partial charge in [0.05, 0.1) is 6.10 Å². The number of Topliss-reactive ketones (excluding diaryl/α,β-unsaturated/α-hetero) is 1. The summed E-state index contributed by atoms with van der Waals surface area (Å²) in [6.07, 6.45) is 3.63.